The predicted octanol–water partition coefficient (Wildman–Crippen LogP) is 4.56. The van der Waals surface area contributed by atoms with Gasteiger partial charge in [-0.3, -0.25) is 10.1 Å². The molecule has 0 aliphatic carbocycles. The van der Waals surface area contributed by atoms with Gasteiger partial charge in [0.2, 0.25) is 11.8 Å². The van der Waals surface area contributed by atoms with E-state index in [0.29, 0.717) is 30.4 Å². The highest BCUT2D eigenvalue weighted by molar-refractivity contribution is 6.30. The second-order valence-electron chi connectivity index (χ2n) is 5.68. The van der Waals surface area contributed by atoms with Crippen LogP contribution in [0.25, 0.3) is 0 Å². The van der Waals surface area contributed by atoms with Gasteiger partial charge in [0.25, 0.3) is 0 Å². The largest absolute Gasteiger partial charge is 0.493 e. The number of nitrogens with one attached hydrogen (secondary N) is 1. The first-order valence-corrected chi connectivity index (χ1v) is 7.99. The lowest BCUT2D eigenvalue weighted by atomic mass is 10.1. The van der Waals surface area contributed by atoms with E-state index < -0.39 is 0 Å². The minimum Gasteiger partial charge on any atom is -0.493 e. The molecule has 124 valence electrons. The number of hydrogen-bond acceptors (Lipinski definition) is 4. The molecule has 1 aromatic heterocycles. The van der Waals surface area contributed by atoms with Gasteiger partial charge in [-0.2, -0.15) is 0 Å². The van der Waals surface area contributed by atoms with Gasteiger partial charge in [-0.15, -0.1) is 0 Å². The Labute approximate surface area is 141 Å². The maximum absolute atomic E-state index is 11.8. The SMILES string of the molecule is Cc1cc(Cl)ccc1OCCCC(=O)Nc1cc(C(C)C)no1. The molecule has 1 aromatic carbocycles. The molecule has 0 aliphatic heterocycles. The lowest BCUT2D eigenvalue weighted by Crippen LogP contribution is -2.12. The van der Waals surface area contributed by atoms with Gasteiger partial charge in [-0.1, -0.05) is 30.6 Å². The van der Waals surface area contributed by atoms with Crippen molar-refractivity contribution in [3.8, 4) is 5.75 Å². The number of aryl methyl sites for hydroxylation is 1. The number of aromatic nitrogens is 1. The Hall–Kier alpha value is -2.01. The summed E-state index contributed by atoms with van der Waals surface area (Å²) >= 11 is 5.90. The Morgan fingerprint density at radius 1 is 1.39 bits per heavy atom. The van der Waals surface area contributed by atoms with Crippen LogP contribution in [0.4, 0.5) is 5.88 Å². The molecular formula is C17H21ClN2O3. The molecule has 0 bridgehead atoms. The van der Waals surface area contributed by atoms with Gasteiger partial charge in [0.15, 0.2) is 0 Å². The van der Waals surface area contributed by atoms with Gasteiger partial charge in [-0.25, -0.2) is 0 Å². The van der Waals surface area contributed by atoms with Crippen molar-refractivity contribution in [3.05, 3.63) is 40.5 Å². The van der Waals surface area contributed by atoms with Crippen molar-refractivity contribution in [2.45, 2.75) is 39.5 Å². The summed E-state index contributed by atoms with van der Waals surface area (Å²) in [6, 6.07) is 7.21. The molecule has 0 aliphatic rings. The number of nitrogens with zero attached hydrogens (tertiary/aromatic N) is 1. The number of amides is 1. The van der Waals surface area contributed by atoms with Crippen LogP contribution in [0.3, 0.4) is 0 Å². The molecular weight excluding hydrogens is 316 g/mol. The maximum Gasteiger partial charge on any atom is 0.231 e. The molecule has 0 spiro atoms. The molecule has 23 heavy (non-hydrogen) atoms. The number of hydrogen-bond donors (Lipinski definition) is 1. The third-order valence-electron chi connectivity index (χ3n) is 3.33. The van der Waals surface area contributed by atoms with Crippen molar-refractivity contribution in [3.63, 3.8) is 0 Å². The minimum absolute atomic E-state index is 0.118. The fraction of sp³-hybridized carbons (Fsp3) is 0.412. The van der Waals surface area contributed by atoms with Crippen LogP contribution in [0.15, 0.2) is 28.8 Å². The first-order valence-electron chi connectivity index (χ1n) is 7.61. The second kappa shape index (κ2) is 8.02. The Kier molecular flexibility index (Phi) is 6.04. The summed E-state index contributed by atoms with van der Waals surface area (Å²) in [7, 11) is 0. The maximum atomic E-state index is 11.8. The molecule has 5 nitrogen and oxygen atoms in total. The normalized spacial score (nSPS) is 10.8. The van der Waals surface area contributed by atoms with Gasteiger partial charge < -0.3 is 9.26 Å². The third-order valence-corrected chi connectivity index (χ3v) is 3.56. The van der Waals surface area contributed by atoms with Gasteiger partial charge >= 0.3 is 0 Å². The first-order chi connectivity index (χ1) is 11.0. The fourth-order valence-corrected chi connectivity index (χ4v) is 2.24. The summed E-state index contributed by atoms with van der Waals surface area (Å²) in [5, 5.41) is 7.27. The summed E-state index contributed by atoms with van der Waals surface area (Å²) in [6.07, 6.45) is 0.962. The number of ether oxygens (including phenoxy) is 1. The van der Waals surface area contributed by atoms with E-state index in [4.69, 9.17) is 20.9 Å². The summed E-state index contributed by atoms with van der Waals surface area (Å²) in [6.45, 7) is 6.42. The minimum atomic E-state index is -0.118. The van der Waals surface area contributed by atoms with Gasteiger partial charge in [0, 0.05) is 17.5 Å². The van der Waals surface area contributed by atoms with Crippen LogP contribution in [-0.2, 0) is 4.79 Å². The topological polar surface area (TPSA) is 64.4 Å². The van der Waals surface area contributed by atoms with Crippen LogP contribution >= 0.6 is 11.6 Å². The summed E-state index contributed by atoms with van der Waals surface area (Å²) in [5.74, 6) is 1.31. The quantitative estimate of drug-likeness (QED) is 0.753. The highest BCUT2D eigenvalue weighted by Gasteiger charge is 2.10. The van der Waals surface area contributed by atoms with Crippen molar-refractivity contribution >= 4 is 23.4 Å². The highest BCUT2D eigenvalue weighted by atomic mass is 35.5. The molecule has 0 saturated carbocycles. The van der Waals surface area contributed by atoms with E-state index in [2.05, 4.69) is 10.5 Å². The van der Waals surface area contributed by atoms with Crippen molar-refractivity contribution in [2.24, 2.45) is 0 Å². The summed E-state index contributed by atoms with van der Waals surface area (Å²) in [5.41, 5.74) is 1.80. The van der Waals surface area contributed by atoms with Crippen LogP contribution < -0.4 is 10.1 Å². The lowest BCUT2D eigenvalue weighted by molar-refractivity contribution is -0.116. The van der Waals surface area contributed by atoms with Gasteiger partial charge in [0.05, 0.1) is 12.3 Å². The zero-order valence-corrected chi connectivity index (χ0v) is 14.3. The van der Waals surface area contributed by atoms with Crippen molar-refractivity contribution in [1.29, 1.82) is 0 Å². The highest BCUT2D eigenvalue weighted by Crippen LogP contribution is 2.22. The van der Waals surface area contributed by atoms with Gasteiger partial charge in [-0.05, 0) is 43.0 Å². The fourth-order valence-electron chi connectivity index (χ4n) is 2.01. The summed E-state index contributed by atoms with van der Waals surface area (Å²) < 4.78 is 10.7. The van der Waals surface area contributed by atoms with Crippen LogP contribution in [-0.4, -0.2) is 17.7 Å². The van der Waals surface area contributed by atoms with E-state index in [-0.39, 0.29) is 11.8 Å². The molecule has 0 unspecified atom stereocenters. The average molecular weight is 337 g/mol. The molecule has 2 rings (SSSR count). The zero-order chi connectivity index (χ0) is 16.8. The van der Waals surface area contributed by atoms with Crippen molar-refractivity contribution < 1.29 is 14.1 Å². The number of carbonyl (C=O) groups is 1. The Morgan fingerprint density at radius 2 is 2.17 bits per heavy atom. The second-order valence-corrected chi connectivity index (χ2v) is 6.12. The first kappa shape index (κ1) is 17.3. The Bertz CT molecular complexity index is 668. The molecule has 1 N–H and O–H groups in total. The van der Waals surface area contributed by atoms with Crippen LogP contribution in [0.5, 0.6) is 5.75 Å². The number of rotatable bonds is 7. The standard InChI is InChI=1S/C17H21ClN2O3/c1-11(2)14-10-17(23-20-14)19-16(21)5-4-8-22-15-7-6-13(18)9-12(15)3/h6-7,9-11H,4-5,8H2,1-3H3,(H,19,21). The Balaban J connectivity index is 1.72. The van der Waals surface area contributed by atoms with Crippen LogP contribution in [0.2, 0.25) is 5.02 Å². The monoisotopic (exact) mass is 336 g/mol. The van der Waals surface area contributed by atoms with Crippen molar-refractivity contribution in [2.75, 3.05) is 11.9 Å². The Morgan fingerprint density at radius 3 is 2.83 bits per heavy atom. The molecule has 1 heterocycles. The lowest BCUT2D eigenvalue weighted by Gasteiger charge is -2.09. The predicted molar refractivity (Wildman–Crippen MR) is 90.1 cm³/mol. The molecule has 2 aromatic rings. The van der Waals surface area contributed by atoms with Gasteiger partial charge in [0.1, 0.15) is 5.75 Å². The molecule has 0 radical (unpaired) electrons. The van der Waals surface area contributed by atoms with E-state index in [9.17, 15) is 4.79 Å². The third kappa shape index (κ3) is 5.28. The number of benzene rings is 1. The average Bonchev–Trinajstić information content (AvgIpc) is 2.94. The molecule has 0 fully saturated rings. The smallest absolute Gasteiger partial charge is 0.231 e. The van der Waals surface area contributed by atoms with E-state index >= 15 is 0 Å². The zero-order valence-electron chi connectivity index (χ0n) is 13.6. The van der Waals surface area contributed by atoms with E-state index in [1.807, 2.05) is 32.9 Å². The number of anilines is 1. The van der Waals surface area contributed by atoms with E-state index in [1.165, 1.54) is 0 Å². The van der Waals surface area contributed by atoms with E-state index in [0.717, 1.165) is 17.0 Å². The summed E-state index contributed by atoms with van der Waals surface area (Å²) in [4.78, 5) is 11.8. The van der Waals surface area contributed by atoms with Crippen LogP contribution in [0.1, 0.15) is 43.9 Å². The molecule has 0 saturated heterocycles. The van der Waals surface area contributed by atoms with E-state index in [1.54, 1.807) is 12.1 Å². The molecule has 6 heteroatoms. The number of carbonyl (C=O) groups excluding carboxylic acids is 1. The molecule has 0 atom stereocenters. The molecule has 1 amide bonds. The van der Waals surface area contributed by atoms with Crippen LogP contribution in [0, 0.1) is 6.92 Å². The van der Waals surface area contributed by atoms with Crippen molar-refractivity contribution in [1.82, 2.24) is 5.16 Å². The number of halogens is 1.